The van der Waals surface area contributed by atoms with Crippen molar-refractivity contribution in [3.8, 4) is 11.4 Å². The van der Waals surface area contributed by atoms with Crippen molar-refractivity contribution in [3.05, 3.63) is 42.7 Å². The number of hydrogen-bond acceptors (Lipinski definition) is 2. The molecule has 1 saturated carbocycles. The summed E-state index contributed by atoms with van der Waals surface area (Å²) in [5.74, 6) is 2.42. The van der Waals surface area contributed by atoms with E-state index < -0.39 is 0 Å². The molecule has 0 radical (unpaired) electrons. The molecule has 4 heteroatoms. The van der Waals surface area contributed by atoms with Gasteiger partial charge in [-0.25, -0.2) is 4.98 Å². The maximum absolute atomic E-state index is 12.4. The number of carbonyl (C=O) groups is 1. The molecule has 1 amide bonds. The van der Waals surface area contributed by atoms with E-state index in [-0.39, 0.29) is 0 Å². The third-order valence-electron chi connectivity index (χ3n) is 5.58. The SMILES string of the molecule is O=C(C1CCC1)N1CCC(Cn2ccnc2-c2ccccc2)CC1. The molecule has 0 unspecified atom stereocenters. The zero-order valence-electron chi connectivity index (χ0n) is 14.1. The Morgan fingerprint density at radius 1 is 1.08 bits per heavy atom. The summed E-state index contributed by atoms with van der Waals surface area (Å²) >= 11 is 0. The molecule has 2 fully saturated rings. The zero-order chi connectivity index (χ0) is 16.4. The highest BCUT2D eigenvalue weighted by Gasteiger charge is 2.31. The molecular formula is C20H25N3O. The Hall–Kier alpha value is -2.10. The lowest BCUT2D eigenvalue weighted by Crippen LogP contribution is -2.44. The Labute approximate surface area is 143 Å². The number of nitrogens with zero attached hydrogens (tertiary/aromatic N) is 3. The summed E-state index contributed by atoms with van der Waals surface area (Å²) in [6.45, 7) is 2.85. The number of rotatable bonds is 4. The van der Waals surface area contributed by atoms with Crippen molar-refractivity contribution in [1.29, 1.82) is 0 Å². The van der Waals surface area contributed by atoms with Gasteiger partial charge in [-0.3, -0.25) is 4.79 Å². The van der Waals surface area contributed by atoms with E-state index in [1.807, 2.05) is 12.3 Å². The van der Waals surface area contributed by atoms with Crippen LogP contribution >= 0.6 is 0 Å². The minimum atomic E-state index is 0.333. The first-order valence-electron chi connectivity index (χ1n) is 9.16. The van der Waals surface area contributed by atoms with Crippen molar-refractivity contribution in [1.82, 2.24) is 14.5 Å². The van der Waals surface area contributed by atoms with Gasteiger partial charge in [-0.15, -0.1) is 0 Å². The fourth-order valence-corrected chi connectivity index (χ4v) is 3.83. The van der Waals surface area contributed by atoms with E-state index in [1.54, 1.807) is 0 Å². The van der Waals surface area contributed by atoms with E-state index in [0.717, 1.165) is 51.1 Å². The van der Waals surface area contributed by atoms with E-state index in [2.05, 4.69) is 44.9 Å². The summed E-state index contributed by atoms with van der Waals surface area (Å²) in [6.07, 6.45) is 9.61. The summed E-state index contributed by atoms with van der Waals surface area (Å²) in [4.78, 5) is 19.0. The molecule has 24 heavy (non-hydrogen) atoms. The summed E-state index contributed by atoms with van der Waals surface area (Å²) in [7, 11) is 0. The molecule has 4 rings (SSSR count). The number of piperidine rings is 1. The first kappa shape index (κ1) is 15.4. The predicted molar refractivity (Wildman–Crippen MR) is 94.3 cm³/mol. The maximum atomic E-state index is 12.4. The van der Waals surface area contributed by atoms with Crippen LogP contribution in [-0.4, -0.2) is 33.4 Å². The number of imidazole rings is 1. The summed E-state index contributed by atoms with van der Waals surface area (Å²) < 4.78 is 2.27. The lowest BCUT2D eigenvalue weighted by Gasteiger charge is -2.36. The minimum Gasteiger partial charge on any atom is -0.342 e. The van der Waals surface area contributed by atoms with Gasteiger partial charge in [-0.2, -0.15) is 0 Å². The Balaban J connectivity index is 1.36. The van der Waals surface area contributed by atoms with Gasteiger partial charge >= 0.3 is 0 Å². The van der Waals surface area contributed by atoms with Crippen LogP contribution in [0.1, 0.15) is 32.1 Å². The number of aromatic nitrogens is 2. The van der Waals surface area contributed by atoms with Crippen molar-refractivity contribution < 1.29 is 4.79 Å². The van der Waals surface area contributed by atoms with Gasteiger partial charge in [-0.1, -0.05) is 36.8 Å². The van der Waals surface area contributed by atoms with Gasteiger partial charge in [0.05, 0.1) is 0 Å². The standard InChI is InChI=1S/C20H25N3O/c24-20(18-7-4-8-18)22-12-9-16(10-13-22)15-23-14-11-21-19(23)17-5-2-1-3-6-17/h1-3,5-6,11,14,16,18H,4,7-10,12-13,15H2. The Morgan fingerprint density at radius 3 is 2.50 bits per heavy atom. The van der Waals surface area contributed by atoms with E-state index in [1.165, 1.54) is 12.0 Å². The monoisotopic (exact) mass is 323 g/mol. The molecule has 0 spiro atoms. The van der Waals surface area contributed by atoms with Gasteiger partial charge in [0.15, 0.2) is 0 Å². The summed E-state index contributed by atoms with van der Waals surface area (Å²) in [6, 6.07) is 10.4. The molecule has 2 aromatic rings. The molecule has 0 N–H and O–H groups in total. The third-order valence-corrected chi connectivity index (χ3v) is 5.58. The molecule has 1 aliphatic carbocycles. The number of hydrogen-bond donors (Lipinski definition) is 0. The van der Waals surface area contributed by atoms with Crippen LogP contribution in [0.4, 0.5) is 0 Å². The van der Waals surface area contributed by atoms with E-state index in [9.17, 15) is 4.79 Å². The second-order valence-corrected chi connectivity index (χ2v) is 7.17. The number of amides is 1. The molecule has 1 aromatic heterocycles. The van der Waals surface area contributed by atoms with Gasteiger partial charge < -0.3 is 9.47 Å². The first-order chi connectivity index (χ1) is 11.8. The highest BCUT2D eigenvalue weighted by molar-refractivity contribution is 5.79. The molecule has 0 bridgehead atoms. The van der Waals surface area contributed by atoms with E-state index in [4.69, 9.17) is 0 Å². The third kappa shape index (κ3) is 3.10. The first-order valence-corrected chi connectivity index (χ1v) is 9.16. The molecule has 2 aliphatic rings. The fraction of sp³-hybridized carbons (Fsp3) is 0.500. The van der Waals surface area contributed by atoms with E-state index in [0.29, 0.717) is 17.7 Å². The van der Waals surface area contributed by atoms with Crippen molar-refractivity contribution >= 4 is 5.91 Å². The van der Waals surface area contributed by atoms with Crippen LogP contribution in [0.3, 0.4) is 0 Å². The normalized spacial score (nSPS) is 19.2. The zero-order valence-corrected chi connectivity index (χ0v) is 14.1. The molecule has 1 saturated heterocycles. The van der Waals surface area contributed by atoms with Crippen LogP contribution in [0.5, 0.6) is 0 Å². The lowest BCUT2D eigenvalue weighted by molar-refractivity contribution is -0.139. The van der Waals surface area contributed by atoms with Crippen molar-refractivity contribution in [2.24, 2.45) is 11.8 Å². The maximum Gasteiger partial charge on any atom is 0.225 e. The summed E-state index contributed by atoms with van der Waals surface area (Å²) in [5, 5.41) is 0. The second-order valence-electron chi connectivity index (χ2n) is 7.17. The molecule has 2 heterocycles. The second kappa shape index (κ2) is 6.80. The lowest BCUT2D eigenvalue weighted by atomic mass is 9.83. The van der Waals surface area contributed by atoms with Crippen molar-refractivity contribution in [3.63, 3.8) is 0 Å². The fourth-order valence-electron chi connectivity index (χ4n) is 3.83. The molecule has 126 valence electrons. The molecular weight excluding hydrogens is 298 g/mol. The van der Waals surface area contributed by atoms with Crippen molar-refractivity contribution in [2.75, 3.05) is 13.1 Å². The number of carbonyl (C=O) groups excluding carboxylic acids is 1. The Morgan fingerprint density at radius 2 is 1.83 bits per heavy atom. The van der Waals surface area contributed by atoms with Crippen LogP contribution in [0.25, 0.3) is 11.4 Å². The topological polar surface area (TPSA) is 38.1 Å². The average molecular weight is 323 g/mol. The van der Waals surface area contributed by atoms with Crippen molar-refractivity contribution in [2.45, 2.75) is 38.6 Å². The quantitative estimate of drug-likeness (QED) is 0.862. The van der Waals surface area contributed by atoms with Gasteiger partial charge in [0.25, 0.3) is 0 Å². The molecule has 4 nitrogen and oxygen atoms in total. The highest BCUT2D eigenvalue weighted by atomic mass is 16.2. The van der Waals surface area contributed by atoms with Gasteiger partial charge in [0.2, 0.25) is 5.91 Å². The molecule has 0 atom stereocenters. The van der Waals surface area contributed by atoms with Crippen LogP contribution in [0.15, 0.2) is 42.7 Å². The largest absolute Gasteiger partial charge is 0.342 e. The molecule has 1 aromatic carbocycles. The van der Waals surface area contributed by atoms with Crippen LogP contribution < -0.4 is 0 Å². The van der Waals surface area contributed by atoms with Crippen LogP contribution in [-0.2, 0) is 11.3 Å². The molecule has 1 aliphatic heterocycles. The summed E-state index contributed by atoms with van der Waals surface area (Å²) in [5.41, 5.74) is 1.17. The Bertz CT molecular complexity index is 682. The predicted octanol–water partition coefficient (Wildman–Crippen LogP) is 3.59. The van der Waals surface area contributed by atoms with Crippen LogP contribution in [0, 0.1) is 11.8 Å². The number of benzene rings is 1. The van der Waals surface area contributed by atoms with Gasteiger partial charge in [0.1, 0.15) is 5.82 Å². The average Bonchev–Trinajstić information content (AvgIpc) is 3.03. The van der Waals surface area contributed by atoms with Crippen LogP contribution in [0.2, 0.25) is 0 Å². The van der Waals surface area contributed by atoms with E-state index >= 15 is 0 Å². The Kier molecular flexibility index (Phi) is 4.37. The minimum absolute atomic E-state index is 0.333. The highest BCUT2D eigenvalue weighted by Crippen LogP contribution is 2.30. The van der Waals surface area contributed by atoms with Gasteiger partial charge in [-0.05, 0) is 31.6 Å². The smallest absolute Gasteiger partial charge is 0.225 e. The number of likely N-dealkylation sites (tertiary alicyclic amines) is 1. The van der Waals surface area contributed by atoms with Gasteiger partial charge in [0, 0.05) is 43.5 Å².